The molecule has 1 heterocycles. The molecule has 2 atom stereocenters. The van der Waals surface area contributed by atoms with Gasteiger partial charge in [0.15, 0.2) is 0 Å². The van der Waals surface area contributed by atoms with E-state index in [0.717, 1.165) is 6.42 Å². The maximum absolute atomic E-state index is 11.2. The highest BCUT2D eigenvalue weighted by Crippen LogP contribution is 2.25. The summed E-state index contributed by atoms with van der Waals surface area (Å²) in [6.45, 7) is 5.70. The zero-order valence-electron chi connectivity index (χ0n) is 9.99. The van der Waals surface area contributed by atoms with Gasteiger partial charge in [-0.05, 0) is 31.2 Å². The van der Waals surface area contributed by atoms with Crippen molar-refractivity contribution in [3.63, 3.8) is 0 Å². The van der Waals surface area contributed by atoms with Gasteiger partial charge >= 0.3 is 5.97 Å². The molecular weight excluding hydrogens is 222 g/mol. The van der Waals surface area contributed by atoms with Crippen LogP contribution in [0.1, 0.15) is 44.5 Å². The largest absolute Gasteiger partial charge is 0.480 e. The summed E-state index contributed by atoms with van der Waals surface area (Å²) in [6.07, 6.45) is 1.47. The molecule has 1 aromatic heterocycles. The zero-order valence-corrected chi connectivity index (χ0v) is 10.8. The number of carboxylic acids is 1. The lowest BCUT2D eigenvalue weighted by atomic mass is 9.97. The van der Waals surface area contributed by atoms with Gasteiger partial charge in [-0.15, -0.1) is 11.3 Å². The van der Waals surface area contributed by atoms with Crippen molar-refractivity contribution in [3.05, 3.63) is 22.4 Å². The van der Waals surface area contributed by atoms with Crippen molar-refractivity contribution >= 4 is 17.3 Å². The van der Waals surface area contributed by atoms with E-state index in [1.165, 1.54) is 4.88 Å². The molecule has 16 heavy (non-hydrogen) atoms. The molecule has 2 N–H and O–H groups in total. The summed E-state index contributed by atoms with van der Waals surface area (Å²) in [5, 5.41) is 14.5. The summed E-state index contributed by atoms with van der Waals surface area (Å²) < 4.78 is 0. The molecule has 0 aliphatic carbocycles. The van der Waals surface area contributed by atoms with Crippen LogP contribution in [0, 0.1) is 0 Å². The van der Waals surface area contributed by atoms with Gasteiger partial charge in [0.25, 0.3) is 0 Å². The predicted molar refractivity (Wildman–Crippen MR) is 66.8 cm³/mol. The van der Waals surface area contributed by atoms with Crippen molar-refractivity contribution in [2.24, 2.45) is 0 Å². The topological polar surface area (TPSA) is 49.3 Å². The lowest BCUT2D eigenvalue weighted by Gasteiger charge is -2.29. The van der Waals surface area contributed by atoms with Crippen LogP contribution in [-0.4, -0.2) is 16.6 Å². The summed E-state index contributed by atoms with van der Waals surface area (Å²) in [5.74, 6) is -0.787. The van der Waals surface area contributed by atoms with Crippen LogP contribution in [-0.2, 0) is 4.79 Å². The first-order valence-electron chi connectivity index (χ1n) is 5.58. The van der Waals surface area contributed by atoms with Crippen LogP contribution in [0.4, 0.5) is 0 Å². The average molecular weight is 241 g/mol. The second-order valence-corrected chi connectivity index (χ2v) is 5.09. The van der Waals surface area contributed by atoms with Gasteiger partial charge in [0.2, 0.25) is 0 Å². The van der Waals surface area contributed by atoms with Gasteiger partial charge in [-0.3, -0.25) is 10.1 Å². The van der Waals surface area contributed by atoms with E-state index in [1.54, 1.807) is 18.3 Å². The van der Waals surface area contributed by atoms with Gasteiger partial charge in [0.05, 0.1) is 0 Å². The Kier molecular flexibility index (Phi) is 4.50. The Morgan fingerprint density at radius 1 is 1.62 bits per heavy atom. The SMILES string of the molecule is CCC(NC(C)(CC)C(=O)O)c1cccs1. The van der Waals surface area contributed by atoms with Crippen molar-refractivity contribution < 1.29 is 9.90 Å². The molecule has 3 nitrogen and oxygen atoms in total. The number of carboxylic acid groups (broad SMARTS) is 1. The summed E-state index contributed by atoms with van der Waals surface area (Å²) in [5.41, 5.74) is -0.843. The minimum absolute atomic E-state index is 0.126. The smallest absolute Gasteiger partial charge is 0.323 e. The van der Waals surface area contributed by atoms with Gasteiger partial charge in [-0.25, -0.2) is 0 Å². The fourth-order valence-electron chi connectivity index (χ4n) is 1.56. The van der Waals surface area contributed by atoms with Crippen LogP contribution in [0.25, 0.3) is 0 Å². The van der Waals surface area contributed by atoms with E-state index in [4.69, 9.17) is 0 Å². The molecule has 0 aromatic carbocycles. The van der Waals surface area contributed by atoms with E-state index < -0.39 is 11.5 Å². The lowest BCUT2D eigenvalue weighted by molar-refractivity contribution is -0.144. The second kappa shape index (κ2) is 5.46. The van der Waals surface area contributed by atoms with Crippen LogP contribution >= 0.6 is 11.3 Å². The van der Waals surface area contributed by atoms with Crippen LogP contribution in [0.15, 0.2) is 17.5 Å². The molecule has 0 aliphatic heterocycles. The number of hydrogen-bond acceptors (Lipinski definition) is 3. The molecule has 0 saturated heterocycles. The lowest BCUT2D eigenvalue weighted by Crippen LogP contribution is -2.50. The van der Waals surface area contributed by atoms with Crippen LogP contribution in [0.2, 0.25) is 0 Å². The molecule has 2 unspecified atom stereocenters. The summed E-state index contributed by atoms with van der Waals surface area (Å²) in [4.78, 5) is 12.4. The predicted octanol–water partition coefficient (Wildman–Crippen LogP) is 3.04. The number of aliphatic carboxylic acids is 1. The van der Waals surface area contributed by atoms with Crippen LogP contribution in [0.3, 0.4) is 0 Å². The molecule has 0 amide bonds. The molecule has 1 rings (SSSR count). The highest BCUT2D eigenvalue weighted by Gasteiger charge is 2.33. The Morgan fingerprint density at radius 3 is 2.69 bits per heavy atom. The third kappa shape index (κ3) is 2.83. The Morgan fingerprint density at radius 2 is 2.31 bits per heavy atom. The summed E-state index contributed by atoms with van der Waals surface area (Å²) in [6, 6.07) is 4.17. The van der Waals surface area contributed by atoms with Gasteiger partial charge in [-0.1, -0.05) is 19.9 Å². The van der Waals surface area contributed by atoms with E-state index in [0.29, 0.717) is 6.42 Å². The van der Waals surface area contributed by atoms with E-state index in [1.807, 2.05) is 24.4 Å². The Hall–Kier alpha value is -0.870. The normalized spacial score (nSPS) is 16.7. The highest BCUT2D eigenvalue weighted by molar-refractivity contribution is 7.10. The molecule has 4 heteroatoms. The first kappa shape index (κ1) is 13.2. The maximum Gasteiger partial charge on any atom is 0.323 e. The molecule has 0 saturated carbocycles. The van der Waals surface area contributed by atoms with Gasteiger partial charge in [-0.2, -0.15) is 0 Å². The molecule has 0 aliphatic rings. The molecule has 0 bridgehead atoms. The first-order valence-corrected chi connectivity index (χ1v) is 6.46. The van der Waals surface area contributed by atoms with E-state index in [2.05, 4.69) is 12.2 Å². The number of carbonyl (C=O) groups is 1. The van der Waals surface area contributed by atoms with E-state index in [9.17, 15) is 9.90 Å². The van der Waals surface area contributed by atoms with Crippen LogP contribution < -0.4 is 5.32 Å². The number of rotatable bonds is 6. The number of nitrogens with one attached hydrogen (secondary N) is 1. The van der Waals surface area contributed by atoms with Gasteiger partial charge in [0.1, 0.15) is 5.54 Å². The third-order valence-corrected chi connectivity index (χ3v) is 3.95. The minimum Gasteiger partial charge on any atom is -0.480 e. The molecular formula is C12H19NO2S. The Labute approximate surface area is 100 Å². The zero-order chi connectivity index (χ0) is 12.2. The summed E-state index contributed by atoms with van der Waals surface area (Å²) >= 11 is 1.66. The van der Waals surface area contributed by atoms with E-state index in [-0.39, 0.29) is 6.04 Å². The highest BCUT2D eigenvalue weighted by atomic mass is 32.1. The van der Waals surface area contributed by atoms with Crippen molar-refractivity contribution in [2.75, 3.05) is 0 Å². The third-order valence-electron chi connectivity index (χ3n) is 2.97. The van der Waals surface area contributed by atoms with Crippen molar-refractivity contribution in [3.8, 4) is 0 Å². The molecule has 90 valence electrons. The fourth-order valence-corrected chi connectivity index (χ4v) is 2.42. The quantitative estimate of drug-likeness (QED) is 0.804. The average Bonchev–Trinajstić information content (AvgIpc) is 2.78. The molecule has 0 spiro atoms. The Balaban J connectivity index is 2.80. The van der Waals surface area contributed by atoms with E-state index >= 15 is 0 Å². The Bertz CT molecular complexity index is 337. The molecule has 1 aromatic rings. The number of thiophene rings is 1. The van der Waals surface area contributed by atoms with Gasteiger partial charge in [0, 0.05) is 10.9 Å². The minimum atomic E-state index is -0.843. The molecule has 0 radical (unpaired) electrons. The standard InChI is InChI=1S/C12H19NO2S/c1-4-9(10-7-6-8-16-10)13-12(3,5-2)11(14)15/h6-9,13H,4-5H2,1-3H3,(H,14,15). The summed E-state index contributed by atoms with van der Waals surface area (Å²) in [7, 11) is 0. The number of hydrogen-bond donors (Lipinski definition) is 2. The van der Waals surface area contributed by atoms with Crippen LogP contribution in [0.5, 0.6) is 0 Å². The van der Waals surface area contributed by atoms with Crippen molar-refractivity contribution in [1.29, 1.82) is 0 Å². The second-order valence-electron chi connectivity index (χ2n) is 4.11. The van der Waals surface area contributed by atoms with Crippen molar-refractivity contribution in [1.82, 2.24) is 5.32 Å². The first-order chi connectivity index (χ1) is 7.53. The van der Waals surface area contributed by atoms with Crippen molar-refractivity contribution in [2.45, 2.75) is 45.2 Å². The molecule has 0 fully saturated rings. The monoisotopic (exact) mass is 241 g/mol. The maximum atomic E-state index is 11.2. The van der Waals surface area contributed by atoms with Gasteiger partial charge < -0.3 is 5.11 Å². The fraction of sp³-hybridized carbons (Fsp3) is 0.583.